The van der Waals surface area contributed by atoms with Crippen LogP contribution >= 0.6 is 11.6 Å². The molecule has 2 heterocycles. The molecule has 0 unspecified atom stereocenters. The second-order valence-electron chi connectivity index (χ2n) is 4.41. The molecule has 0 aliphatic rings. The summed E-state index contributed by atoms with van der Waals surface area (Å²) >= 11 is 5.60. The van der Waals surface area contributed by atoms with Crippen LogP contribution in [-0.4, -0.2) is 26.3 Å². The Labute approximate surface area is 123 Å². The Morgan fingerprint density at radius 2 is 2.20 bits per heavy atom. The van der Waals surface area contributed by atoms with Crippen molar-refractivity contribution in [1.82, 2.24) is 14.5 Å². The summed E-state index contributed by atoms with van der Waals surface area (Å²) in [6, 6.07) is 3.63. The molecule has 2 aromatic rings. The molecule has 20 heavy (non-hydrogen) atoms. The van der Waals surface area contributed by atoms with Gasteiger partial charge in [-0.2, -0.15) is 0 Å². The fourth-order valence-corrected chi connectivity index (χ4v) is 2.07. The van der Waals surface area contributed by atoms with Crippen LogP contribution in [0.25, 0.3) is 5.82 Å². The van der Waals surface area contributed by atoms with Gasteiger partial charge in [0, 0.05) is 30.9 Å². The Hall–Kier alpha value is -1.88. The summed E-state index contributed by atoms with van der Waals surface area (Å²) in [4.78, 5) is 20.4. The Kier molecular flexibility index (Phi) is 5.12. The van der Waals surface area contributed by atoms with E-state index in [1.807, 2.05) is 23.8 Å². The number of imidazole rings is 1. The third-order valence-corrected chi connectivity index (χ3v) is 3.17. The quantitative estimate of drug-likeness (QED) is 0.658. The summed E-state index contributed by atoms with van der Waals surface area (Å²) in [5, 5.41) is 2.89. The van der Waals surface area contributed by atoms with Crippen molar-refractivity contribution in [1.29, 1.82) is 0 Å². The smallest absolute Gasteiger partial charge is 0.224 e. The number of amides is 1. The van der Waals surface area contributed by atoms with Gasteiger partial charge in [-0.15, -0.1) is 11.6 Å². The van der Waals surface area contributed by atoms with E-state index in [1.54, 1.807) is 18.5 Å². The van der Waals surface area contributed by atoms with Crippen molar-refractivity contribution in [3.8, 4) is 5.82 Å². The Morgan fingerprint density at radius 3 is 2.90 bits per heavy atom. The molecule has 6 heteroatoms. The lowest BCUT2D eigenvalue weighted by molar-refractivity contribution is -0.116. The Balaban J connectivity index is 2.13. The number of nitrogens with zero attached hydrogens (tertiary/aromatic N) is 3. The zero-order chi connectivity index (χ0) is 14.4. The molecule has 1 amide bonds. The molecule has 5 nitrogen and oxygen atoms in total. The van der Waals surface area contributed by atoms with Crippen LogP contribution in [0.2, 0.25) is 0 Å². The fraction of sp³-hybridized carbons (Fsp3) is 0.357. The lowest BCUT2D eigenvalue weighted by Gasteiger charge is -2.11. The van der Waals surface area contributed by atoms with Crippen LogP contribution < -0.4 is 5.32 Å². The molecule has 0 aromatic carbocycles. The van der Waals surface area contributed by atoms with Gasteiger partial charge in [0.25, 0.3) is 0 Å². The number of hydrogen-bond acceptors (Lipinski definition) is 3. The maximum atomic E-state index is 11.9. The predicted octanol–water partition coefficient (Wildman–Crippen LogP) is 2.92. The van der Waals surface area contributed by atoms with E-state index in [1.165, 1.54) is 0 Å². The highest BCUT2D eigenvalue weighted by molar-refractivity contribution is 6.17. The van der Waals surface area contributed by atoms with E-state index in [2.05, 4.69) is 15.3 Å². The molecule has 106 valence electrons. The summed E-state index contributed by atoms with van der Waals surface area (Å²) in [6.45, 7) is 1.89. The molecule has 0 fully saturated rings. The Bertz CT molecular complexity index is 582. The molecule has 0 spiro atoms. The maximum Gasteiger partial charge on any atom is 0.224 e. The third-order valence-electron chi connectivity index (χ3n) is 2.90. The number of halogens is 1. The van der Waals surface area contributed by atoms with E-state index < -0.39 is 0 Å². The second-order valence-corrected chi connectivity index (χ2v) is 4.79. The molecule has 0 radical (unpaired) electrons. The lowest BCUT2D eigenvalue weighted by Crippen LogP contribution is -2.14. The molecule has 0 saturated carbocycles. The highest BCUT2D eigenvalue weighted by Crippen LogP contribution is 2.18. The fourth-order valence-electron chi connectivity index (χ4n) is 1.88. The summed E-state index contributed by atoms with van der Waals surface area (Å²) in [5.41, 5.74) is 0.685. The molecule has 2 rings (SSSR count). The molecule has 0 aliphatic carbocycles. The van der Waals surface area contributed by atoms with Gasteiger partial charge in [-0.3, -0.25) is 9.36 Å². The minimum Gasteiger partial charge on any atom is -0.323 e. The van der Waals surface area contributed by atoms with Gasteiger partial charge >= 0.3 is 0 Å². The first-order valence-corrected chi connectivity index (χ1v) is 7.07. The number of aromatic nitrogens is 3. The molecule has 1 N–H and O–H groups in total. The molecule has 0 atom stereocenters. The van der Waals surface area contributed by atoms with Crippen LogP contribution in [-0.2, 0) is 4.79 Å². The van der Waals surface area contributed by atoms with Gasteiger partial charge in [0.05, 0.1) is 5.69 Å². The normalized spacial score (nSPS) is 10.5. The van der Waals surface area contributed by atoms with Gasteiger partial charge in [-0.05, 0) is 31.9 Å². The minimum absolute atomic E-state index is 0.0258. The summed E-state index contributed by atoms with van der Waals surface area (Å²) in [5.74, 6) is 2.05. The third kappa shape index (κ3) is 3.57. The van der Waals surface area contributed by atoms with Crippen molar-refractivity contribution < 1.29 is 4.79 Å². The number of aryl methyl sites for hydroxylation is 1. The van der Waals surface area contributed by atoms with E-state index in [4.69, 9.17) is 11.6 Å². The van der Waals surface area contributed by atoms with Gasteiger partial charge in [0.2, 0.25) is 5.91 Å². The number of nitrogens with one attached hydrogen (secondary N) is 1. The molecule has 0 saturated heterocycles. The van der Waals surface area contributed by atoms with Gasteiger partial charge in [0.15, 0.2) is 5.82 Å². The second kappa shape index (κ2) is 7.05. The lowest BCUT2D eigenvalue weighted by atomic mass is 10.2. The van der Waals surface area contributed by atoms with Gasteiger partial charge < -0.3 is 5.32 Å². The van der Waals surface area contributed by atoms with Gasteiger partial charge in [0.1, 0.15) is 5.82 Å². The summed E-state index contributed by atoms with van der Waals surface area (Å²) in [6.07, 6.45) is 7.31. The molecular formula is C14H17ClN4O. The molecule has 2 aromatic heterocycles. The van der Waals surface area contributed by atoms with Crippen molar-refractivity contribution in [3.05, 3.63) is 36.5 Å². The topological polar surface area (TPSA) is 59.8 Å². The number of unbranched alkanes of at least 4 members (excludes halogenated alkanes) is 1. The van der Waals surface area contributed by atoms with Crippen LogP contribution in [0, 0.1) is 6.92 Å². The van der Waals surface area contributed by atoms with Crippen LogP contribution in [0.5, 0.6) is 0 Å². The van der Waals surface area contributed by atoms with Crippen LogP contribution in [0.4, 0.5) is 5.69 Å². The monoisotopic (exact) mass is 292 g/mol. The first-order valence-electron chi connectivity index (χ1n) is 6.53. The number of carbonyl (C=O) groups excluding carboxylic acids is 1. The number of hydrogen-bond donors (Lipinski definition) is 1. The first kappa shape index (κ1) is 14.5. The van der Waals surface area contributed by atoms with Crippen molar-refractivity contribution in [2.24, 2.45) is 0 Å². The highest BCUT2D eigenvalue weighted by atomic mass is 35.5. The highest BCUT2D eigenvalue weighted by Gasteiger charge is 2.10. The average Bonchev–Trinajstić information content (AvgIpc) is 2.86. The van der Waals surface area contributed by atoms with Crippen LogP contribution in [0.15, 0.2) is 30.7 Å². The largest absolute Gasteiger partial charge is 0.323 e. The average molecular weight is 293 g/mol. The molecule has 0 aliphatic heterocycles. The Morgan fingerprint density at radius 1 is 1.35 bits per heavy atom. The number of carbonyl (C=O) groups is 1. The van der Waals surface area contributed by atoms with E-state index >= 15 is 0 Å². The minimum atomic E-state index is -0.0258. The van der Waals surface area contributed by atoms with Gasteiger partial charge in [-0.1, -0.05) is 0 Å². The standard InChI is InChI=1S/C14H17ClN4O/c1-11-16-9-10-19(11)14-12(5-4-8-17-14)18-13(20)6-2-3-7-15/h4-5,8-10H,2-3,6-7H2,1H3,(H,18,20). The van der Waals surface area contributed by atoms with E-state index in [-0.39, 0.29) is 5.91 Å². The van der Waals surface area contributed by atoms with E-state index in [9.17, 15) is 4.79 Å². The number of alkyl halides is 1. The molecular weight excluding hydrogens is 276 g/mol. The zero-order valence-corrected chi connectivity index (χ0v) is 12.1. The maximum absolute atomic E-state index is 11.9. The predicted molar refractivity (Wildman–Crippen MR) is 79.3 cm³/mol. The first-order chi connectivity index (χ1) is 9.72. The number of pyridine rings is 1. The van der Waals surface area contributed by atoms with Crippen molar-refractivity contribution >= 4 is 23.2 Å². The van der Waals surface area contributed by atoms with Crippen LogP contribution in [0.1, 0.15) is 25.1 Å². The van der Waals surface area contributed by atoms with Crippen molar-refractivity contribution in [3.63, 3.8) is 0 Å². The van der Waals surface area contributed by atoms with E-state index in [0.29, 0.717) is 23.8 Å². The van der Waals surface area contributed by atoms with E-state index in [0.717, 1.165) is 18.7 Å². The van der Waals surface area contributed by atoms with Crippen molar-refractivity contribution in [2.75, 3.05) is 11.2 Å². The number of anilines is 1. The summed E-state index contributed by atoms with van der Waals surface area (Å²) < 4.78 is 1.84. The SMILES string of the molecule is Cc1nccn1-c1ncccc1NC(=O)CCCCCl. The van der Waals surface area contributed by atoms with Crippen LogP contribution in [0.3, 0.4) is 0 Å². The van der Waals surface area contributed by atoms with Crippen molar-refractivity contribution in [2.45, 2.75) is 26.2 Å². The number of rotatable bonds is 6. The van der Waals surface area contributed by atoms with Gasteiger partial charge in [-0.25, -0.2) is 9.97 Å². The molecule has 0 bridgehead atoms. The zero-order valence-electron chi connectivity index (χ0n) is 11.3. The summed E-state index contributed by atoms with van der Waals surface area (Å²) in [7, 11) is 0.